The van der Waals surface area contributed by atoms with Gasteiger partial charge in [0, 0.05) is 0 Å². The molecule has 0 heterocycles. The molecule has 0 spiro atoms. The van der Waals surface area contributed by atoms with Crippen LogP contribution in [-0.2, 0) is 42.9 Å². The molecule has 0 aromatic rings. The lowest BCUT2D eigenvalue weighted by Crippen LogP contribution is -2.23. The first kappa shape index (κ1) is 27.8. The van der Waals surface area contributed by atoms with E-state index < -0.39 is 17.9 Å². The van der Waals surface area contributed by atoms with Gasteiger partial charge in [0.2, 0.25) is 0 Å². The van der Waals surface area contributed by atoms with Crippen molar-refractivity contribution in [1.82, 2.24) is 0 Å². The fourth-order valence-corrected chi connectivity index (χ4v) is 1.78. The van der Waals surface area contributed by atoms with E-state index in [4.69, 9.17) is 9.47 Å². The van der Waals surface area contributed by atoms with Gasteiger partial charge < -0.3 is 18.9 Å². The zero-order valence-corrected chi connectivity index (χ0v) is 17.4. The molecule has 1 unspecified atom stereocenters. The van der Waals surface area contributed by atoms with Crippen LogP contribution in [0.15, 0.2) is 0 Å². The molecular weight excluding hydrogens is 372 g/mol. The van der Waals surface area contributed by atoms with Gasteiger partial charge in [-0.15, -0.1) is 0 Å². The summed E-state index contributed by atoms with van der Waals surface area (Å²) in [6.07, 6.45) is 0.690. The summed E-state index contributed by atoms with van der Waals surface area (Å²) in [6.45, 7) is 9.01. The van der Waals surface area contributed by atoms with Crippen molar-refractivity contribution >= 4 is 29.7 Å². The van der Waals surface area contributed by atoms with Gasteiger partial charge in [-0.2, -0.15) is 0 Å². The second kappa shape index (κ2) is 17.9. The minimum atomic E-state index is -0.529. The number of ether oxygens (including phenoxy) is 4. The second-order valence-corrected chi connectivity index (χ2v) is 5.53. The first-order chi connectivity index (χ1) is 13.2. The van der Waals surface area contributed by atoms with E-state index in [1.54, 1.807) is 27.7 Å². The molecule has 0 rings (SSSR count). The highest BCUT2D eigenvalue weighted by atomic mass is 16.5. The summed E-state index contributed by atoms with van der Waals surface area (Å²) < 4.78 is 18.7. The number of carbonyl (C=O) groups is 5. The number of rotatable bonds is 12. The van der Waals surface area contributed by atoms with Crippen molar-refractivity contribution in [2.24, 2.45) is 5.92 Å². The smallest absolute Gasteiger partial charge is 0.309 e. The van der Waals surface area contributed by atoms with Gasteiger partial charge in [-0.1, -0.05) is 6.92 Å². The van der Waals surface area contributed by atoms with Crippen molar-refractivity contribution < 1.29 is 42.9 Å². The summed E-state index contributed by atoms with van der Waals surface area (Å²) in [5.41, 5.74) is 0. The molecule has 0 radical (unpaired) electrons. The van der Waals surface area contributed by atoms with Crippen LogP contribution >= 0.6 is 0 Å². The molecule has 0 N–H and O–H groups in total. The zero-order valence-electron chi connectivity index (χ0n) is 17.4. The third-order valence-electron chi connectivity index (χ3n) is 3.11. The Morgan fingerprint density at radius 1 is 0.679 bits per heavy atom. The predicted molar refractivity (Wildman–Crippen MR) is 99.2 cm³/mol. The van der Waals surface area contributed by atoms with Crippen molar-refractivity contribution in [1.29, 1.82) is 0 Å². The molecule has 162 valence electrons. The molecule has 0 aromatic carbocycles. The van der Waals surface area contributed by atoms with Gasteiger partial charge in [0.05, 0.1) is 45.0 Å². The molecule has 1 atom stereocenters. The molecule has 0 saturated carbocycles. The maximum atomic E-state index is 11.4. The van der Waals surface area contributed by atoms with Gasteiger partial charge >= 0.3 is 23.9 Å². The van der Waals surface area contributed by atoms with Crippen LogP contribution in [0.3, 0.4) is 0 Å². The predicted octanol–water partition coefficient (Wildman–Crippen LogP) is 1.99. The molecule has 0 aliphatic heterocycles. The highest BCUT2D eigenvalue weighted by Gasteiger charge is 2.22. The molecule has 9 nitrogen and oxygen atoms in total. The van der Waals surface area contributed by atoms with Crippen LogP contribution in [0.25, 0.3) is 0 Å². The van der Waals surface area contributed by atoms with Gasteiger partial charge in [-0.05, 0) is 34.1 Å². The van der Waals surface area contributed by atoms with E-state index in [2.05, 4.69) is 9.47 Å². The van der Waals surface area contributed by atoms with Crippen LogP contribution < -0.4 is 0 Å². The molecule has 0 amide bonds. The van der Waals surface area contributed by atoms with E-state index in [9.17, 15) is 24.0 Å². The summed E-state index contributed by atoms with van der Waals surface area (Å²) in [5.74, 6) is -2.41. The Bertz CT molecular complexity index is 482. The van der Waals surface area contributed by atoms with Crippen molar-refractivity contribution in [3.63, 3.8) is 0 Å². The van der Waals surface area contributed by atoms with Crippen molar-refractivity contribution in [3.05, 3.63) is 0 Å². The maximum Gasteiger partial charge on any atom is 0.309 e. The fraction of sp³-hybridized carbons (Fsp3) is 0.737. The standard InChI is InChI=1S/C11H18O5.C8H14O4/c1-4-9(6-10(13)15-5-2)11(14)16-7-8(3)12;1-3-11-7(9)5-6-8(10)12-4-2/h9H,4-7H2,1-3H3;3-6H2,1-2H3. The molecule has 28 heavy (non-hydrogen) atoms. The lowest BCUT2D eigenvalue weighted by atomic mass is 10.0. The van der Waals surface area contributed by atoms with Gasteiger partial charge in [0.25, 0.3) is 0 Å². The average Bonchev–Trinajstić information content (AvgIpc) is 2.63. The van der Waals surface area contributed by atoms with E-state index in [1.807, 2.05) is 0 Å². The molecule has 0 saturated heterocycles. The summed E-state index contributed by atoms with van der Waals surface area (Å²) in [4.78, 5) is 54.7. The van der Waals surface area contributed by atoms with E-state index in [0.717, 1.165) is 0 Å². The minimum Gasteiger partial charge on any atom is -0.466 e. The largest absolute Gasteiger partial charge is 0.466 e. The van der Waals surface area contributed by atoms with E-state index >= 15 is 0 Å². The van der Waals surface area contributed by atoms with Crippen LogP contribution in [0.5, 0.6) is 0 Å². The minimum absolute atomic E-state index is 0.00107. The van der Waals surface area contributed by atoms with Crippen LogP contribution in [0.1, 0.15) is 60.3 Å². The second-order valence-electron chi connectivity index (χ2n) is 5.53. The Morgan fingerprint density at radius 2 is 1.11 bits per heavy atom. The first-order valence-electron chi connectivity index (χ1n) is 9.34. The van der Waals surface area contributed by atoms with E-state index in [1.165, 1.54) is 6.92 Å². The lowest BCUT2D eigenvalue weighted by molar-refractivity contribution is -0.156. The number of hydrogen-bond acceptors (Lipinski definition) is 9. The molecule has 0 aliphatic carbocycles. The summed E-state index contributed by atoms with van der Waals surface area (Å²) >= 11 is 0. The zero-order chi connectivity index (χ0) is 21.9. The van der Waals surface area contributed by atoms with Crippen LogP contribution in [-0.4, -0.2) is 56.1 Å². The van der Waals surface area contributed by atoms with Crippen LogP contribution in [0, 0.1) is 5.92 Å². The van der Waals surface area contributed by atoms with Crippen molar-refractivity contribution in [3.8, 4) is 0 Å². The number of Topliss-reactive ketones (excluding diaryl/α,β-unsaturated/α-hetero) is 1. The number of carbonyl (C=O) groups excluding carboxylic acids is 5. The Balaban J connectivity index is 0. The van der Waals surface area contributed by atoms with Gasteiger partial charge in [0.1, 0.15) is 6.61 Å². The van der Waals surface area contributed by atoms with Crippen LogP contribution in [0.2, 0.25) is 0 Å². The van der Waals surface area contributed by atoms with Crippen molar-refractivity contribution in [2.75, 3.05) is 26.4 Å². The number of esters is 4. The number of ketones is 1. The van der Waals surface area contributed by atoms with E-state index in [-0.39, 0.29) is 50.2 Å². The quantitative estimate of drug-likeness (QED) is 0.355. The maximum absolute atomic E-state index is 11.4. The summed E-state index contributed by atoms with van der Waals surface area (Å²) in [7, 11) is 0. The molecule has 0 fully saturated rings. The average molecular weight is 404 g/mol. The molecular formula is C19H32O9. The summed E-state index contributed by atoms with van der Waals surface area (Å²) in [6, 6.07) is 0. The fourth-order valence-electron chi connectivity index (χ4n) is 1.78. The first-order valence-corrected chi connectivity index (χ1v) is 9.34. The molecule has 0 aliphatic rings. The van der Waals surface area contributed by atoms with Crippen LogP contribution in [0.4, 0.5) is 0 Å². The monoisotopic (exact) mass is 404 g/mol. The van der Waals surface area contributed by atoms with Crippen molar-refractivity contribution in [2.45, 2.75) is 60.3 Å². The third-order valence-corrected chi connectivity index (χ3v) is 3.11. The van der Waals surface area contributed by atoms with Gasteiger partial charge in [-0.25, -0.2) is 0 Å². The molecule has 9 heteroatoms. The Morgan fingerprint density at radius 3 is 1.46 bits per heavy atom. The number of hydrogen-bond donors (Lipinski definition) is 0. The SMILES string of the molecule is CCOC(=O)CC(CC)C(=O)OCC(C)=O.CCOC(=O)CCC(=O)OCC. The van der Waals surface area contributed by atoms with E-state index in [0.29, 0.717) is 19.6 Å². The molecule has 0 bridgehead atoms. The summed E-state index contributed by atoms with van der Waals surface area (Å²) in [5, 5.41) is 0. The van der Waals surface area contributed by atoms with Gasteiger partial charge in [-0.3, -0.25) is 24.0 Å². The Kier molecular flexibility index (Phi) is 17.8. The lowest BCUT2D eigenvalue weighted by Gasteiger charge is -2.12. The topological polar surface area (TPSA) is 122 Å². The normalized spacial score (nSPS) is 10.6. The highest BCUT2D eigenvalue weighted by Crippen LogP contribution is 2.11. The Labute approximate surface area is 166 Å². The Hall–Kier alpha value is -2.45. The highest BCUT2D eigenvalue weighted by molar-refractivity contribution is 5.83. The molecule has 0 aromatic heterocycles. The third kappa shape index (κ3) is 17.0. The van der Waals surface area contributed by atoms with Gasteiger partial charge in [0.15, 0.2) is 5.78 Å².